The molecule has 0 bridgehead atoms. The number of benzene rings is 1. The molecule has 1 aliphatic heterocycles. The fourth-order valence-electron chi connectivity index (χ4n) is 2.39. The number of urea groups is 1. The summed E-state index contributed by atoms with van der Waals surface area (Å²) in [4.78, 5) is 24.9. The third kappa shape index (κ3) is 3.47. The van der Waals surface area contributed by atoms with Crippen LogP contribution in [0.25, 0.3) is 0 Å². The third-order valence-electron chi connectivity index (χ3n) is 3.34. The van der Waals surface area contributed by atoms with Crippen LogP contribution in [0.3, 0.4) is 0 Å². The van der Waals surface area contributed by atoms with Crippen molar-refractivity contribution in [3.05, 3.63) is 29.8 Å². The maximum absolute atomic E-state index is 12.3. The number of nitrogens with one attached hydrogen (secondary N) is 1. The Bertz CT molecular complexity index is 470. The van der Waals surface area contributed by atoms with Crippen LogP contribution in [0.4, 0.5) is 10.5 Å². The number of primary amides is 1. The molecule has 102 valence electrons. The predicted molar refractivity (Wildman–Crippen MR) is 73.9 cm³/mol. The summed E-state index contributed by atoms with van der Waals surface area (Å²) in [6, 6.07) is 6.19. The van der Waals surface area contributed by atoms with Crippen molar-refractivity contribution in [1.29, 1.82) is 0 Å². The molecule has 3 amide bonds. The standard InChI is InChI=1S/C14H19N3O2/c1-10-3-2-8-17(9-10)13(18)11-4-6-12(7-5-11)16-14(15)19/h4-7,10H,2-3,8-9H2,1H3,(H3,15,16,19)/t10-/m1/s1. The van der Waals surface area contributed by atoms with E-state index in [2.05, 4.69) is 12.2 Å². The molecule has 19 heavy (non-hydrogen) atoms. The van der Waals surface area contributed by atoms with Gasteiger partial charge in [-0.1, -0.05) is 6.92 Å². The lowest BCUT2D eigenvalue weighted by Crippen LogP contribution is -2.39. The first-order chi connectivity index (χ1) is 9.06. The van der Waals surface area contributed by atoms with E-state index in [1.165, 1.54) is 6.42 Å². The van der Waals surface area contributed by atoms with Crippen LogP contribution in [0, 0.1) is 5.92 Å². The van der Waals surface area contributed by atoms with Gasteiger partial charge in [-0.2, -0.15) is 0 Å². The molecule has 0 saturated carbocycles. The molecule has 1 heterocycles. The summed E-state index contributed by atoms with van der Waals surface area (Å²) in [5.41, 5.74) is 6.27. The van der Waals surface area contributed by atoms with Crippen molar-refractivity contribution in [2.24, 2.45) is 11.7 Å². The zero-order valence-corrected chi connectivity index (χ0v) is 11.1. The molecule has 5 nitrogen and oxygen atoms in total. The van der Waals surface area contributed by atoms with Crippen LogP contribution < -0.4 is 11.1 Å². The van der Waals surface area contributed by atoms with E-state index in [-0.39, 0.29) is 5.91 Å². The average Bonchev–Trinajstić information content (AvgIpc) is 2.38. The minimum Gasteiger partial charge on any atom is -0.351 e. The molecule has 1 aromatic rings. The lowest BCUT2D eigenvalue weighted by Gasteiger charge is -2.31. The Hall–Kier alpha value is -2.04. The maximum Gasteiger partial charge on any atom is 0.316 e. The SMILES string of the molecule is C[C@@H]1CCCN(C(=O)c2ccc(NC(N)=O)cc2)C1. The van der Waals surface area contributed by atoms with E-state index in [9.17, 15) is 9.59 Å². The number of rotatable bonds is 2. The minimum atomic E-state index is -0.607. The highest BCUT2D eigenvalue weighted by Crippen LogP contribution is 2.18. The number of hydrogen-bond acceptors (Lipinski definition) is 2. The van der Waals surface area contributed by atoms with Gasteiger partial charge in [-0.3, -0.25) is 4.79 Å². The van der Waals surface area contributed by atoms with E-state index in [0.717, 1.165) is 19.5 Å². The summed E-state index contributed by atoms with van der Waals surface area (Å²) in [5, 5.41) is 2.47. The lowest BCUT2D eigenvalue weighted by molar-refractivity contribution is 0.0683. The predicted octanol–water partition coefficient (Wildman–Crippen LogP) is 2.05. The van der Waals surface area contributed by atoms with Gasteiger partial charge in [0.1, 0.15) is 0 Å². The number of hydrogen-bond donors (Lipinski definition) is 2. The zero-order valence-electron chi connectivity index (χ0n) is 11.1. The average molecular weight is 261 g/mol. The number of anilines is 1. The third-order valence-corrected chi connectivity index (χ3v) is 3.34. The quantitative estimate of drug-likeness (QED) is 0.855. The van der Waals surface area contributed by atoms with Gasteiger partial charge in [-0.25, -0.2) is 4.79 Å². The number of likely N-dealkylation sites (tertiary alicyclic amines) is 1. The van der Waals surface area contributed by atoms with Gasteiger partial charge in [0.15, 0.2) is 0 Å². The van der Waals surface area contributed by atoms with Crippen molar-refractivity contribution in [1.82, 2.24) is 4.90 Å². The van der Waals surface area contributed by atoms with Crippen LogP contribution in [0.15, 0.2) is 24.3 Å². The number of piperidine rings is 1. The van der Waals surface area contributed by atoms with Crippen LogP contribution in [-0.4, -0.2) is 29.9 Å². The minimum absolute atomic E-state index is 0.0529. The van der Waals surface area contributed by atoms with E-state index in [4.69, 9.17) is 5.73 Å². The molecule has 1 saturated heterocycles. The Morgan fingerprint density at radius 1 is 1.32 bits per heavy atom. The number of carbonyl (C=O) groups is 2. The lowest BCUT2D eigenvalue weighted by atomic mass is 9.99. The van der Waals surface area contributed by atoms with Gasteiger partial charge >= 0.3 is 6.03 Å². The van der Waals surface area contributed by atoms with E-state index >= 15 is 0 Å². The number of carbonyl (C=O) groups excluding carboxylic acids is 2. The highest BCUT2D eigenvalue weighted by Gasteiger charge is 2.21. The topological polar surface area (TPSA) is 75.4 Å². The first-order valence-electron chi connectivity index (χ1n) is 6.52. The fraction of sp³-hybridized carbons (Fsp3) is 0.429. The van der Waals surface area contributed by atoms with Crippen LogP contribution in [0.1, 0.15) is 30.1 Å². The summed E-state index contributed by atoms with van der Waals surface area (Å²) in [6.45, 7) is 3.81. The van der Waals surface area contributed by atoms with Crippen molar-refractivity contribution in [3.63, 3.8) is 0 Å². The van der Waals surface area contributed by atoms with Gasteiger partial charge in [0, 0.05) is 24.3 Å². The zero-order chi connectivity index (χ0) is 13.8. The van der Waals surface area contributed by atoms with E-state index in [1.54, 1.807) is 24.3 Å². The van der Waals surface area contributed by atoms with Crippen LogP contribution in [0.2, 0.25) is 0 Å². The van der Waals surface area contributed by atoms with E-state index in [0.29, 0.717) is 17.2 Å². The van der Waals surface area contributed by atoms with Crippen LogP contribution >= 0.6 is 0 Å². The van der Waals surface area contributed by atoms with Crippen molar-refractivity contribution in [2.45, 2.75) is 19.8 Å². The van der Waals surface area contributed by atoms with E-state index in [1.807, 2.05) is 4.90 Å². The first-order valence-corrected chi connectivity index (χ1v) is 6.52. The Morgan fingerprint density at radius 2 is 2.00 bits per heavy atom. The Kier molecular flexibility index (Phi) is 4.04. The number of nitrogens with zero attached hydrogens (tertiary/aromatic N) is 1. The molecule has 1 aliphatic rings. The Labute approximate surface area is 112 Å². The van der Waals surface area contributed by atoms with Gasteiger partial charge in [0.25, 0.3) is 5.91 Å². The molecular formula is C14H19N3O2. The summed E-state index contributed by atoms with van der Waals surface area (Å²) >= 11 is 0. The summed E-state index contributed by atoms with van der Waals surface area (Å²) < 4.78 is 0. The van der Waals surface area contributed by atoms with Crippen molar-refractivity contribution < 1.29 is 9.59 Å². The molecule has 0 spiro atoms. The fourth-order valence-corrected chi connectivity index (χ4v) is 2.39. The van der Waals surface area contributed by atoms with Gasteiger partial charge < -0.3 is 16.0 Å². The summed E-state index contributed by atoms with van der Waals surface area (Å²) in [5.74, 6) is 0.616. The van der Waals surface area contributed by atoms with Gasteiger partial charge in [0.2, 0.25) is 0 Å². The van der Waals surface area contributed by atoms with Crippen molar-refractivity contribution >= 4 is 17.6 Å². The molecular weight excluding hydrogens is 242 g/mol. The molecule has 0 unspecified atom stereocenters. The van der Waals surface area contributed by atoms with Gasteiger partial charge in [-0.05, 0) is 43.0 Å². The largest absolute Gasteiger partial charge is 0.351 e. The number of nitrogens with two attached hydrogens (primary N) is 1. The summed E-state index contributed by atoms with van der Waals surface area (Å²) in [7, 11) is 0. The monoisotopic (exact) mass is 261 g/mol. The number of amides is 3. The molecule has 0 aromatic heterocycles. The highest BCUT2D eigenvalue weighted by atomic mass is 16.2. The normalized spacial score (nSPS) is 19.0. The molecule has 1 aromatic carbocycles. The van der Waals surface area contributed by atoms with Crippen molar-refractivity contribution in [2.75, 3.05) is 18.4 Å². The molecule has 1 fully saturated rings. The second kappa shape index (κ2) is 5.73. The molecule has 0 aliphatic carbocycles. The second-order valence-electron chi connectivity index (χ2n) is 5.07. The maximum atomic E-state index is 12.3. The summed E-state index contributed by atoms with van der Waals surface area (Å²) in [6.07, 6.45) is 2.25. The Balaban J connectivity index is 2.04. The highest BCUT2D eigenvalue weighted by molar-refractivity contribution is 5.95. The molecule has 5 heteroatoms. The smallest absolute Gasteiger partial charge is 0.316 e. The first kappa shape index (κ1) is 13.4. The molecule has 3 N–H and O–H groups in total. The molecule has 0 radical (unpaired) electrons. The Morgan fingerprint density at radius 3 is 2.58 bits per heavy atom. The van der Waals surface area contributed by atoms with E-state index < -0.39 is 6.03 Å². The molecule has 1 atom stereocenters. The van der Waals surface area contributed by atoms with Crippen molar-refractivity contribution in [3.8, 4) is 0 Å². The van der Waals surface area contributed by atoms with Gasteiger partial charge in [0.05, 0.1) is 0 Å². The second-order valence-corrected chi connectivity index (χ2v) is 5.07. The molecule has 2 rings (SSSR count). The van der Waals surface area contributed by atoms with Crippen LogP contribution in [0.5, 0.6) is 0 Å². The van der Waals surface area contributed by atoms with Gasteiger partial charge in [-0.15, -0.1) is 0 Å². The van der Waals surface area contributed by atoms with Crippen LogP contribution in [-0.2, 0) is 0 Å².